The van der Waals surface area contributed by atoms with Crippen molar-refractivity contribution < 1.29 is 4.79 Å². The van der Waals surface area contributed by atoms with Crippen molar-refractivity contribution in [1.29, 1.82) is 0 Å². The lowest BCUT2D eigenvalue weighted by molar-refractivity contribution is 0.0963. The van der Waals surface area contributed by atoms with E-state index in [0.717, 1.165) is 13.1 Å². The fourth-order valence-electron chi connectivity index (χ4n) is 2.63. The summed E-state index contributed by atoms with van der Waals surface area (Å²) in [5, 5.41) is 6.25. The topological polar surface area (TPSA) is 44.4 Å². The number of carbonyl (C=O) groups excluding carboxylic acids is 1. The minimum absolute atomic E-state index is 0.0311. The molecule has 1 heterocycles. The van der Waals surface area contributed by atoms with Gasteiger partial charge < -0.3 is 15.5 Å². The molecule has 1 amide bonds. The summed E-state index contributed by atoms with van der Waals surface area (Å²) in [4.78, 5) is 14.0. The number of amides is 1. The number of nitrogens with zero attached hydrogens (tertiary/aromatic N) is 1. The third-order valence-corrected chi connectivity index (χ3v) is 4.07. The van der Waals surface area contributed by atoms with Crippen LogP contribution in [0.25, 0.3) is 0 Å². The predicted octanol–water partition coefficient (Wildman–Crippen LogP) is 1.62. The van der Waals surface area contributed by atoms with E-state index in [1.165, 1.54) is 31.5 Å². The van der Waals surface area contributed by atoms with E-state index in [-0.39, 0.29) is 5.91 Å². The molecule has 2 N–H and O–H groups in total. The standard InChI is InChI=1S/C16H25N3O/c1-3-19-10-8-15(9-11-19)18-12-13-4-6-14(7-5-13)16(20)17-2/h4-7,15,18H,3,8-12H2,1-2H3,(H,17,20). The number of hydrogen-bond acceptors (Lipinski definition) is 3. The lowest BCUT2D eigenvalue weighted by Gasteiger charge is -2.31. The molecular weight excluding hydrogens is 250 g/mol. The van der Waals surface area contributed by atoms with Gasteiger partial charge >= 0.3 is 0 Å². The lowest BCUT2D eigenvalue weighted by Crippen LogP contribution is -2.42. The van der Waals surface area contributed by atoms with Crippen molar-refractivity contribution in [3.05, 3.63) is 35.4 Å². The fourth-order valence-corrected chi connectivity index (χ4v) is 2.63. The van der Waals surface area contributed by atoms with Gasteiger partial charge in [0.05, 0.1) is 0 Å². The molecule has 1 saturated heterocycles. The number of nitrogens with one attached hydrogen (secondary N) is 2. The summed E-state index contributed by atoms with van der Waals surface area (Å²) < 4.78 is 0. The monoisotopic (exact) mass is 275 g/mol. The summed E-state index contributed by atoms with van der Waals surface area (Å²) in [5.41, 5.74) is 1.95. The van der Waals surface area contributed by atoms with Gasteiger partial charge in [0.25, 0.3) is 5.91 Å². The van der Waals surface area contributed by atoms with Crippen molar-refractivity contribution in [2.24, 2.45) is 0 Å². The maximum Gasteiger partial charge on any atom is 0.251 e. The van der Waals surface area contributed by atoms with E-state index in [1.807, 2.05) is 24.3 Å². The highest BCUT2D eigenvalue weighted by Gasteiger charge is 2.17. The zero-order valence-corrected chi connectivity index (χ0v) is 12.5. The normalized spacial score (nSPS) is 17.1. The van der Waals surface area contributed by atoms with Crippen LogP contribution in [0.15, 0.2) is 24.3 Å². The predicted molar refractivity (Wildman–Crippen MR) is 81.8 cm³/mol. The number of hydrogen-bond donors (Lipinski definition) is 2. The summed E-state index contributed by atoms with van der Waals surface area (Å²) in [5.74, 6) is -0.0311. The molecule has 0 saturated carbocycles. The Morgan fingerprint density at radius 3 is 2.45 bits per heavy atom. The maximum absolute atomic E-state index is 11.5. The van der Waals surface area contributed by atoms with Crippen LogP contribution in [0.3, 0.4) is 0 Å². The number of piperidine rings is 1. The van der Waals surface area contributed by atoms with Crippen molar-refractivity contribution in [3.8, 4) is 0 Å². The molecule has 0 aliphatic carbocycles. The molecule has 20 heavy (non-hydrogen) atoms. The Kier molecular flexibility index (Phi) is 5.56. The van der Waals surface area contributed by atoms with Gasteiger partial charge in [0, 0.05) is 25.2 Å². The molecule has 2 rings (SSSR count). The first-order valence-electron chi connectivity index (χ1n) is 7.49. The van der Waals surface area contributed by atoms with Crippen molar-refractivity contribution in [2.45, 2.75) is 32.4 Å². The van der Waals surface area contributed by atoms with Gasteiger partial charge in [0.1, 0.15) is 0 Å². The third-order valence-electron chi connectivity index (χ3n) is 4.07. The SMILES string of the molecule is CCN1CCC(NCc2ccc(C(=O)NC)cc2)CC1. The van der Waals surface area contributed by atoms with Crippen LogP contribution in [0, 0.1) is 0 Å². The number of benzene rings is 1. The quantitative estimate of drug-likeness (QED) is 0.858. The largest absolute Gasteiger partial charge is 0.355 e. The molecule has 0 bridgehead atoms. The molecule has 4 nitrogen and oxygen atoms in total. The highest BCUT2D eigenvalue weighted by Crippen LogP contribution is 2.11. The average Bonchev–Trinajstić information content (AvgIpc) is 2.53. The van der Waals surface area contributed by atoms with Crippen molar-refractivity contribution in [3.63, 3.8) is 0 Å². The second-order valence-electron chi connectivity index (χ2n) is 5.37. The van der Waals surface area contributed by atoms with E-state index in [2.05, 4.69) is 22.5 Å². The Hall–Kier alpha value is -1.39. The Morgan fingerprint density at radius 1 is 1.25 bits per heavy atom. The number of carbonyl (C=O) groups is 1. The van der Waals surface area contributed by atoms with Crippen LogP contribution in [0.5, 0.6) is 0 Å². The summed E-state index contributed by atoms with van der Waals surface area (Å²) >= 11 is 0. The van der Waals surface area contributed by atoms with E-state index in [4.69, 9.17) is 0 Å². The molecule has 0 spiro atoms. The van der Waals surface area contributed by atoms with Gasteiger partial charge in [0.15, 0.2) is 0 Å². The molecule has 0 radical (unpaired) electrons. The molecule has 1 aliphatic rings. The van der Waals surface area contributed by atoms with Crippen LogP contribution in [-0.2, 0) is 6.54 Å². The Balaban J connectivity index is 1.78. The van der Waals surface area contributed by atoms with Crippen molar-refractivity contribution >= 4 is 5.91 Å². The number of rotatable bonds is 5. The highest BCUT2D eigenvalue weighted by atomic mass is 16.1. The third kappa shape index (κ3) is 4.05. The van der Waals surface area contributed by atoms with E-state index in [9.17, 15) is 4.79 Å². The summed E-state index contributed by atoms with van der Waals surface area (Å²) in [6, 6.07) is 8.44. The first kappa shape index (κ1) is 15.0. The molecule has 110 valence electrons. The van der Waals surface area contributed by atoms with Crippen LogP contribution in [0.2, 0.25) is 0 Å². The summed E-state index contributed by atoms with van der Waals surface area (Å²) in [6.45, 7) is 6.66. The Bertz CT molecular complexity index is 422. The van der Waals surface area contributed by atoms with Gasteiger partial charge in [-0.1, -0.05) is 19.1 Å². The molecule has 1 aromatic rings. The van der Waals surface area contributed by atoms with Crippen molar-refractivity contribution in [1.82, 2.24) is 15.5 Å². The van der Waals surface area contributed by atoms with Crippen LogP contribution in [-0.4, -0.2) is 43.5 Å². The van der Waals surface area contributed by atoms with Crippen LogP contribution >= 0.6 is 0 Å². The van der Waals surface area contributed by atoms with Gasteiger partial charge in [-0.2, -0.15) is 0 Å². The van der Waals surface area contributed by atoms with E-state index < -0.39 is 0 Å². The van der Waals surface area contributed by atoms with Gasteiger partial charge in [-0.15, -0.1) is 0 Å². The Labute approximate surface area is 121 Å². The molecular formula is C16H25N3O. The zero-order valence-electron chi connectivity index (χ0n) is 12.5. The molecule has 0 atom stereocenters. The fraction of sp³-hybridized carbons (Fsp3) is 0.562. The van der Waals surface area contributed by atoms with Gasteiger partial charge in [0.2, 0.25) is 0 Å². The molecule has 0 aromatic heterocycles. The first-order valence-corrected chi connectivity index (χ1v) is 7.49. The van der Waals surface area contributed by atoms with Gasteiger partial charge in [-0.05, 0) is 50.2 Å². The molecule has 1 aromatic carbocycles. The highest BCUT2D eigenvalue weighted by molar-refractivity contribution is 5.93. The van der Waals surface area contributed by atoms with Gasteiger partial charge in [-0.25, -0.2) is 0 Å². The molecule has 4 heteroatoms. The molecule has 1 fully saturated rings. The minimum atomic E-state index is -0.0311. The first-order chi connectivity index (χ1) is 9.72. The summed E-state index contributed by atoms with van der Waals surface area (Å²) in [7, 11) is 1.65. The Morgan fingerprint density at radius 2 is 1.90 bits per heavy atom. The second-order valence-corrected chi connectivity index (χ2v) is 5.37. The maximum atomic E-state index is 11.5. The summed E-state index contributed by atoms with van der Waals surface area (Å²) in [6.07, 6.45) is 2.45. The second kappa shape index (κ2) is 7.41. The minimum Gasteiger partial charge on any atom is -0.355 e. The smallest absolute Gasteiger partial charge is 0.251 e. The van der Waals surface area contributed by atoms with Crippen LogP contribution < -0.4 is 10.6 Å². The zero-order chi connectivity index (χ0) is 14.4. The van der Waals surface area contributed by atoms with E-state index >= 15 is 0 Å². The van der Waals surface area contributed by atoms with E-state index in [0.29, 0.717) is 11.6 Å². The van der Waals surface area contributed by atoms with Crippen LogP contribution in [0.1, 0.15) is 35.7 Å². The number of likely N-dealkylation sites (tertiary alicyclic amines) is 1. The van der Waals surface area contributed by atoms with E-state index in [1.54, 1.807) is 7.05 Å². The molecule has 0 unspecified atom stereocenters. The molecule has 1 aliphatic heterocycles. The van der Waals surface area contributed by atoms with Gasteiger partial charge in [-0.3, -0.25) is 4.79 Å². The van der Waals surface area contributed by atoms with Crippen LogP contribution in [0.4, 0.5) is 0 Å². The average molecular weight is 275 g/mol. The van der Waals surface area contributed by atoms with Crippen molar-refractivity contribution in [2.75, 3.05) is 26.7 Å². The lowest BCUT2D eigenvalue weighted by atomic mass is 10.0.